The molecule has 0 aliphatic rings. The summed E-state index contributed by atoms with van der Waals surface area (Å²) >= 11 is 0. The summed E-state index contributed by atoms with van der Waals surface area (Å²) < 4.78 is 21.9. The third-order valence-corrected chi connectivity index (χ3v) is 3.27. The van der Waals surface area contributed by atoms with Crippen molar-refractivity contribution in [3.05, 3.63) is 24.0 Å². The fourth-order valence-corrected chi connectivity index (χ4v) is 2.03. The van der Waals surface area contributed by atoms with Crippen molar-refractivity contribution in [2.45, 2.75) is 6.42 Å². The number of anilines is 1. The number of amides is 1. The second-order valence-electron chi connectivity index (χ2n) is 3.92. The van der Waals surface area contributed by atoms with Gasteiger partial charge in [-0.25, -0.2) is 8.42 Å². The van der Waals surface area contributed by atoms with Crippen molar-refractivity contribution in [1.82, 2.24) is 10.3 Å². The monoisotopic (exact) mass is 271 g/mol. The lowest BCUT2D eigenvalue weighted by molar-refractivity contribution is 0.0958. The van der Waals surface area contributed by atoms with E-state index in [-0.39, 0.29) is 11.7 Å². The van der Waals surface area contributed by atoms with Crippen molar-refractivity contribution >= 4 is 21.4 Å². The van der Waals surface area contributed by atoms with Crippen LogP contribution in [0.4, 0.5) is 5.69 Å². The van der Waals surface area contributed by atoms with Crippen LogP contribution in [0.2, 0.25) is 0 Å². The average molecular weight is 271 g/mol. The van der Waals surface area contributed by atoms with Crippen LogP contribution in [0, 0.1) is 0 Å². The topological polar surface area (TPSA) is 88.2 Å². The summed E-state index contributed by atoms with van der Waals surface area (Å²) in [6.07, 6.45) is 3.27. The normalized spacial score (nSPS) is 11.0. The second-order valence-corrected chi connectivity index (χ2v) is 6.18. The summed E-state index contributed by atoms with van der Waals surface area (Å²) in [6, 6.07) is 3.35. The molecule has 1 aromatic rings. The number of aromatic nitrogens is 1. The molecule has 6 nitrogen and oxygen atoms in total. The third kappa shape index (κ3) is 5.13. The average Bonchev–Trinajstić information content (AvgIpc) is 2.33. The van der Waals surface area contributed by atoms with Gasteiger partial charge in [0.2, 0.25) is 0 Å². The SMILES string of the molecule is CNC(=O)c1cc(NCCCS(C)(=O)=O)ccn1. The molecule has 0 saturated carbocycles. The quantitative estimate of drug-likeness (QED) is 0.726. The zero-order valence-electron chi connectivity index (χ0n) is 10.4. The summed E-state index contributed by atoms with van der Waals surface area (Å²) in [7, 11) is -1.38. The van der Waals surface area contributed by atoms with Crippen LogP contribution in [0.25, 0.3) is 0 Å². The molecule has 1 heterocycles. The number of sulfone groups is 1. The van der Waals surface area contributed by atoms with Crippen molar-refractivity contribution in [2.75, 3.05) is 30.9 Å². The summed E-state index contributed by atoms with van der Waals surface area (Å²) in [5, 5.41) is 5.54. The van der Waals surface area contributed by atoms with Crippen LogP contribution in [0.15, 0.2) is 18.3 Å². The van der Waals surface area contributed by atoms with Gasteiger partial charge < -0.3 is 10.6 Å². The number of hydrogen-bond donors (Lipinski definition) is 2. The molecule has 0 spiro atoms. The molecule has 0 atom stereocenters. The molecule has 0 aromatic carbocycles. The largest absolute Gasteiger partial charge is 0.385 e. The Morgan fingerprint density at radius 1 is 1.44 bits per heavy atom. The van der Waals surface area contributed by atoms with Crippen molar-refractivity contribution in [3.63, 3.8) is 0 Å². The Morgan fingerprint density at radius 3 is 2.78 bits per heavy atom. The minimum absolute atomic E-state index is 0.146. The van der Waals surface area contributed by atoms with E-state index in [0.717, 1.165) is 5.69 Å². The Labute approximate surface area is 107 Å². The molecule has 0 saturated heterocycles. The summed E-state index contributed by atoms with van der Waals surface area (Å²) in [5.74, 6) is -0.109. The highest BCUT2D eigenvalue weighted by atomic mass is 32.2. The van der Waals surface area contributed by atoms with Gasteiger partial charge in [0, 0.05) is 31.7 Å². The molecule has 0 unspecified atom stereocenters. The Balaban J connectivity index is 2.50. The van der Waals surface area contributed by atoms with Crippen molar-refractivity contribution in [2.24, 2.45) is 0 Å². The smallest absolute Gasteiger partial charge is 0.269 e. The molecule has 2 N–H and O–H groups in total. The Hall–Kier alpha value is -1.63. The Kier molecular flexibility index (Phi) is 5.08. The molecular weight excluding hydrogens is 254 g/mol. The van der Waals surface area contributed by atoms with E-state index < -0.39 is 9.84 Å². The maximum Gasteiger partial charge on any atom is 0.269 e. The zero-order valence-corrected chi connectivity index (χ0v) is 11.3. The lowest BCUT2D eigenvalue weighted by atomic mass is 10.3. The minimum Gasteiger partial charge on any atom is -0.385 e. The number of nitrogens with zero attached hydrogens (tertiary/aromatic N) is 1. The number of pyridine rings is 1. The first-order valence-corrected chi connectivity index (χ1v) is 7.58. The Morgan fingerprint density at radius 2 is 2.17 bits per heavy atom. The van der Waals surface area contributed by atoms with Crippen molar-refractivity contribution in [3.8, 4) is 0 Å². The maximum absolute atomic E-state index is 11.3. The lowest BCUT2D eigenvalue weighted by Gasteiger charge is -2.07. The molecule has 1 rings (SSSR count). The van der Waals surface area contributed by atoms with E-state index in [0.29, 0.717) is 18.7 Å². The fraction of sp³-hybridized carbons (Fsp3) is 0.455. The third-order valence-electron chi connectivity index (χ3n) is 2.24. The van der Waals surface area contributed by atoms with Gasteiger partial charge in [-0.3, -0.25) is 9.78 Å². The molecule has 1 aromatic heterocycles. The van der Waals surface area contributed by atoms with Gasteiger partial charge in [0.1, 0.15) is 15.5 Å². The number of nitrogens with one attached hydrogen (secondary N) is 2. The molecule has 0 fully saturated rings. The van der Waals surface area contributed by atoms with Gasteiger partial charge in [-0.05, 0) is 18.6 Å². The first-order chi connectivity index (χ1) is 8.42. The van der Waals surface area contributed by atoms with E-state index in [1.54, 1.807) is 12.1 Å². The molecule has 0 radical (unpaired) electrons. The van der Waals surface area contributed by atoms with Crippen LogP contribution >= 0.6 is 0 Å². The first-order valence-electron chi connectivity index (χ1n) is 5.52. The summed E-state index contributed by atoms with van der Waals surface area (Å²) in [5.41, 5.74) is 1.07. The highest BCUT2D eigenvalue weighted by Crippen LogP contribution is 2.07. The minimum atomic E-state index is -2.92. The molecule has 1 amide bonds. The fourth-order valence-electron chi connectivity index (χ4n) is 1.36. The maximum atomic E-state index is 11.3. The number of carbonyl (C=O) groups excluding carboxylic acids is 1. The molecule has 7 heteroatoms. The van der Waals surface area contributed by atoms with E-state index in [2.05, 4.69) is 15.6 Å². The molecule has 0 aliphatic heterocycles. The number of carbonyl (C=O) groups is 1. The molecule has 0 aliphatic carbocycles. The van der Waals surface area contributed by atoms with Crippen LogP contribution in [0.1, 0.15) is 16.9 Å². The number of rotatable bonds is 6. The van der Waals surface area contributed by atoms with Gasteiger partial charge in [0.25, 0.3) is 5.91 Å². The van der Waals surface area contributed by atoms with Crippen LogP contribution in [0.3, 0.4) is 0 Å². The summed E-state index contributed by atoms with van der Waals surface area (Å²) in [4.78, 5) is 15.3. The second kappa shape index (κ2) is 6.34. The van der Waals surface area contributed by atoms with Gasteiger partial charge in [-0.15, -0.1) is 0 Å². The van der Waals surface area contributed by atoms with Gasteiger partial charge in [-0.1, -0.05) is 0 Å². The van der Waals surface area contributed by atoms with E-state index in [4.69, 9.17) is 0 Å². The number of hydrogen-bond acceptors (Lipinski definition) is 5. The van der Waals surface area contributed by atoms with E-state index in [1.807, 2.05) is 0 Å². The van der Waals surface area contributed by atoms with Crippen LogP contribution in [0.5, 0.6) is 0 Å². The van der Waals surface area contributed by atoms with Gasteiger partial charge in [-0.2, -0.15) is 0 Å². The highest BCUT2D eigenvalue weighted by molar-refractivity contribution is 7.90. The molecule has 100 valence electrons. The first kappa shape index (κ1) is 14.4. The molecular formula is C11H17N3O3S. The summed E-state index contributed by atoms with van der Waals surface area (Å²) in [6.45, 7) is 0.532. The van der Waals surface area contributed by atoms with E-state index >= 15 is 0 Å². The molecule has 18 heavy (non-hydrogen) atoms. The van der Waals surface area contributed by atoms with Crippen LogP contribution in [-0.4, -0.2) is 44.9 Å². The van der Waals surface area contributed by atoms with Crippen LogP contribution < -0.4 is 10.6 Å². The highest BCUT2D eigenvalue weighted by Gasteiger charge is 2.05. The predicted molar refractivity (Wildman–Crippen MR) is 70.4 cm³/mol. The Bertz CT molecular complexity index is 514. The van der Waals surface area contributed by atoms with E-state index in [1.165, 1.54) is 19.5 Å². The van der Waals surface area contributed by atoms with Gasteiger partial charge in [0.15, 0.2) is 0 Å². The van der Waals surface area contributed by atoms with Gasteiger partial charge in [0.05, 0.1) is 5.75 Å². The van der Waals surface area contributed by atoms with E-state index in [9.17, 15) is 13.2 Å². The predicted octanol–water partition coefficient (Wildman–Crippen LogP) is 0.288. The van der Waals surface area contributed by atoms with Gasteiger partial charge >= 0.3 is 0 Å². The zero-order chi connectivity index (χ0) is 13.6. The molecule has 0 bridgehead atoms. The standard InChI is InChI=1S/C11H17N3O3S/c1-12-11(15)10-8-9(4-6-14-10)13-5-3-7-18(2,16)17/h4,6,8H,3,5,7H2,1-2H3,(H,12,15)(H,13,14). The van der Waals surface area contributed by atoms with Crippen LogP contribution in [-0.2, 0) is 9.84 Å². The van der Waals surface area contributed by atoms with Crippen molar-refractivity contribution < 1.29 is 13.2 Å². The van der Waals surface area contributed by atoms with Crippen molar-refractivity contribution in [1.29, 1.82) is 0 Å². The lowest BCUT2D eigenvalue weighted by Crippen LogP contribution is -2.19.